The van der Waals surface area contributed by atoms with Gasteiger partial charge in [0.25, 0.3) is 11.6 Å². The van der Waals surface area contributed by atoms with Crippen molar-refractivity contribution in [3.8, 4) is 0 Å². The molecule has 0 spiro atoms. The Morgan fingerprint density at radius 3 is 2.56 bits per heavy atom. The Balaban J connectivity index is 2.04. The molecule has 1 aromatic carbocycles. The zero-order valence-corrected chi connectivity index (χ0v) is 9.16. The summed E-state index contributed by atoms with van der Waals surface area (Å²) in [6.07, 6.45) is -0.620. The number of cyclic esters (lactones) is 1. The number of benzene rings is 1. The van der Waals surface area contributed by atoms with Gasteiger partial charge in [-0.25, -0.2) is 9.80 Å². The maximum absolute atomic E-state index is 11.7. The van der Waals surface area contributed by atoms with E-state index in [1.165, 1.54) is 24.3 Å². The summed E-state index contributed by atoms with van der Waals surface area (Å²) in [6.45, 7) is 0.497. The van der Waals surface area contributed by atoms with Crippen molar-refractivity contribution >= 4 is 17.7 Å². The molecule has 0 bridgehead atoms. The average molecular weight is 251 g/mol. The van der Waals surface area contributed by atoms with Crippen molar-refractivity contribution < 1.29 is 19.2 Å². The van der Waals surface area contributed by atoms with Crippen LogP contribution in [0.3, 0.4) is 0 Å². The number of carbonyl (C=O) groups is 2. The summed E-state index contributed by atoms with van der Waals surface area (Å²) in [5.41, 5.74) is 2.46. The Labute approximate surface area is 101 Å². The van der Waals surface area contributed by atoms with E-state index < -0.39 is 16.9 Å². The molecule has 1 saturated heterocycles. The third-order valence-corrected chi connectivity index (χ3v) is 2.34. The van der Waals surface area contributed by atoms with Crippen LogP contribution in [0.15, 0.2) is 24.3 Å². The first-order chi connectivity index (χ1) is 8.58. The van der Waals surface area contributed by atoms with E-state index in [4.69, 9.17) is 0 Å². The van der Waals surface area contributed by atoms with Crippen LogP contribution in [0.2, 0.25) is 0 Å². The predicted octanol–water partition coefficient (Wildman–Crippen LogP) is 0.692. The van der Waals surface area contributed by atoms with Gasteiger partial charge < -0.3 is 4.74 Å². The minimum atomic E-state index is -0.620. The number of hydrogen-bond acceptors (Lipinski definition) is 5. The minimum Gasteiger partial charge on any atom is -0.446 e. The van der Waals surface area contributed by atoms with E-state index in [1.807, 2.05) is 0 Å². The zero-order chi connectivity index (χ0) is 13.1. The standard InChI is InChI=1S/C10H9N3O5/c14-9(11-12-5-6-18-10(12)15)7-1-3-8(4-2-7)13(16)17/h1-4H,5-6H2,(H,11,14). The van der Waals surface area contributed by atoms with Crippen LogP contribution in [0.5, 0.6) is 0 Å². The Morgan fingerprint density at radius 2 is 2.06 bits per heavy atom. The number of hydrazine groups is 1. The van der Waals surface area contributed by atoms with Crippen molar-refractivity contribution in [3.63, 3.8) is 0 Å². The molecule has 2 amide bonds. The molecular weight excluding hydrogens is 242 g/mol. The van der Waals surface area contributed by atoms with Crippen molar-refractivity contribution in [1.82, 2.24) is 10.4 Å². The van der Waals surface area contributed by atoms with E-state index in [-0.39, 0.29) is 24.4 Å². The molecular formula is C10H9N3O5. The number of carbonyl (C=O) groups excluding carboxylic acids is 2. The number of amides is 2. The lowest BCUT2D eigenvalue weighted by molar-refractivity contribution is -0.384. The fourth-order valence-corrected chi connectivity index (χ4v) is 1.42. The van der Waals surface area contributed by atoms with E-state index >= 15 is 0 Å². The van der Waals surface area contributed by atoms with Crippen LogP contribution in [0.25, 0.3) is 0 Å². The SMILES string of the molecule is O=C(NN1CCOC1=O)c1ccc([N+](=O)[O-])cc1. The zero-order valence-electron chi connectivity index (χ0n) is 9.16. The summed E-state index contributed by atoms with van der Waals surface area (Å²) in [6, 6.07) is 5.07. The number of nitro benzene ring substituents is 1. The molecule has 1 heterocycles. The van der Waals surface area contributed by atoms with Crippen LogP contribution in [0, 0.1) is 10.1 Å². The fourth-order valence-electron chi connectivity index (χ4n) is 1.42. The summed E-state index contributed by atoms with van der Waals surface area (Å²) < 4.78 is 4.64. The van der Waals surface area contributed by atoms with Gasteiger partial charge in [-0.15, -0.1) is 0 Å². The number of rotatable bonds is 3. The lowest BCUT2D eigenvalue weighted by atomic mass is 10.2. The normalized spacial score (nSPS) is 14.2. The van der Waals surface area contributed by atoms with E-state index in [0.717, 1.165) is 5.01 Å². The lowest BCUT2D eigenvalue weighted by Crippen LogP contribution is -2.42. The van der Waals surface area contributed by atoms with E-state index in [9.17, 15) is 19.7 Å². The molecule has 8 heteroatoms. The molecule has 94 valence electrons. The van der Waals surface area contributed by atoms with Gasteiger partial charge in [-0.3, -0.25) is 20.3 Å². The highest BCUT2D eigenvalue weighted by molar-refractivity contribution is 5.95. The second-order valence-electron chi connectivity index (χ2n) is 3.51. The van der Waals surface area contributed by atoms with Crippen molar-refractivity contribution in [3.05, 3.63) is 39.9 Å². The Kier molecular flexibility index (Phi) is 3.09. The van der Waals surface area contributed by atoms with Crippen LogP contribution in [0.1, 0.15) is 10.4 Å². The third-order valence-electron chi connectivity index (χ3n) is 2.34. The number of ether oxygens (including phenoxy) is 1. The molecule has 1 aliphatic heterocycles. The molecule has 1 aliphatic rings. The summed E-state index contributed by atoms with van der Waals surface area (Å²) in [7, 11) is 0. The molecule has 18 heavy (non-hydrogen) atoms. The third kappa shape index (κ3) is 2.37. The maximum atomic E-state index is 11.7. The van der Waals surface area contributed by atoms with Gasteiger partial charge in [0, 0.05) is 17.7 Å². The van der Waals surface area contributed by atoms with Gasteiger partial charge in [0.15, 0.2) is 0 Å². The van der Waals surface area contributed by atoms with Gasteiger partial charge in [0.1, 0.15) is 6.61 Å². The van der Waals surface area contributed by atoms with Gasteiger partial charge >= 0.3 is 6.09 Å². The summed E-state index contributed by atoms with van der Waals surface area (Å²) in [4.78, 5) is 32.7. The Morgan fingerprint density at radius 1 is 1.39 bits per heavy atom. The number of hydrogen-bond donors (Lipinski definition) is 1. The average Bonchev–Trinajstić information content (AvgIpc) is 2.75. The number of nitro groups is 1. The second-order valence-corrected chi connectivity index (χ2v) is 3.51. The Bertz CT molecular complexity index is 499. The maximum Gasteiger partial charge on any atom is 0.428 e. The summed E-state index contributed by atoms with van der Waals surface area (Å²) in [5.74, 6) is -0.524. The first kappa shape index (κ1) is 11.8. The highest BCUT2D eigenvalue weighted by Crippen LogP contribution is 2.12. The first-order valence-electron chi connectivity index (χ1n) is 5.07. The molecule has 1 fully saturated rings. The van der Waals surface area contributed by atoms with E-state index in [0.29, 0.717) is 0 Å². The molecule has 0 unspecified atom stereocenters. The quantitative estimate of drug-likeness (QED) is 0.629. The van der Waals surface area contributed by atoms with Crippen LogP contribution < -0.4 is 5.43 Å². The van der Waals surface area contributed by atoms with Crippen LogP contribution in [0.4, 0.5) is 10.5 Å². The number of non-ortho nitro benzene ring substituents is 1. The van der Waals surface area contributed by atoms with Gasteiger partial charge in [-0.1, -0.05) is 0 Å². The van der Waals surface area contributed by atoms with Crippen LogP contribution in [-0.2, 0) is 4.74 Å². The largest absolute Gasteiger partial charge is 0.446 e. The molecule has 8 nitrogen and oxygen atoms in total. The number of nitrogens with zero attached hydrogens (tertiary/aromatic N) is 2. The van der Waals surface area contributed by atoms with E-state index in [2.05, 4.69) is 10.2 Å². The molecule has 1 aromatic rings. The van der Waals surface area contributed by atoms with Gasteiger partial charge in [-0.05, 0) is 12.1 Å². The first-order valence-corrected chi connectivity index (χ1v) is 5.07. The highest BCUT2D eigenvalue weighted by atomic mass is 16.6. The smallest absolute Gasteiger partial charge is 0.428 e. The monoisotopic (exact) mass is 251 g/mol. The molecule has 2 rings (SSSR count). The fraction of sp³-hybridized carbons (Fsp3) is 0.200. The van der Waals surface area contributed by atoms with Gasteiger partial charge in [0.2, 0.25) is 0 Å². The summed E-state index contributed by atoms with van der Waals surface area (Å²) in [5, 5.41) is 11.5. The minimum absolute atomic E-state index is 0.105. The Hall–Kier alpha value is -2.64. The number of nitrogens with one attached hydrogen (secondary N) is 1. The molecule has 1 N–H and O–H groups in total. The molecule has 0 aromatic heterocycles. The van der Waals surface area contributed by atoms with Crippen LogP contribution in [-0.4, -0.2) is 35.1 Å². The molecule has 0 aliphatic carbocycles. The van der Waals surface area contributed by atoms with E-state index in [1.54, 1.807) is 0 Å². The van der Waals surface area contributed by atoms with Gasteiger partial charge in [-0.2, -0.15) is 0 Å². The van der Waals surface area contributed by atoms with Crippen molar-refractivity contribution in [2.75, 3.05) is 13.2 Å². The predicted molar refractivity (Wildman–Crippen MR) is 58.6 cm³/mol. The van der Waals surface area contributed by atoms with Crippen molar-refractivity contribution in [2.45, 2.75) is 0 Å². The van der Waals surface area contributed by atoms with Gasteiger partial charge in [0.05, 0.1) is 11.5 Å². The second kappa shape index (κ2) is 4.70. The topological polar surface area (TPSA) is 102 Å². The lowest BCUT2D eigenvalue weighted by Gasteiger charge is -2.13. The van der Waals surface area contributed by atoms with Crippen LogP contribution >= 0.6 is 0 Å². The highest BCUT2D eigenvalue weighted by Gasteiger charge is 2.24. The molecule has 0 radical (unpaired) electrons. The van der Waals surface area contributed by atoms with Crippen molar-refractivity contribution in [1.29, 1.82) is 0 Å². The summed E-state index contributed by atoms with van der Waals surface area (Å²) >= 11 is 0. The van der Waals surface area contributed by atoms with Crippen molar-refractivity contribution in [2.24, 2.45) is 0 Å². The molecule has 0 atom stereocenters. The molecule has 0 saturated carbocycles.